The van der Waals surface area contributed by atoms with E-state index in [2.05, 4.69) is 16.2 Å². The van der Waals surface area contributed by atoms with Crippen molar-refractivity contribution >= 4 is 34.4 Å². The van der Waals surface area contributed by atoms with Crippen LogP contribution in [-0.4, -0.2) is 21.0 Å². The summed E-state index contributed by atoms with van der Waals surface area (Å²) in [6, 6.07) is 3.67. The molecule has 0 atom stereocenters. The zero-order chi connectivity index (χ0) is 14.7. The van der Waals surface area contributed by atoms with E-state index in [0.717, 1.165) is 18.9 Å². The summed E-state index contributed by atoms with van der Waals surface area (Å²) < 4.78 is 0. The van der Waals surface area contributed by atoms with E-state index in [4.69, 9.17) is 12.2 Å². The van der Waals surface area contributed by atoms with Crippen LogP contribution in [-0.2, 0) is 0 Å². The summed E-state index contributed by atoms with van der Waals surface area (Å²) >= 11 is 4.98. The van der Waals surface area contributed by atoms with Crippen LogP contribution in [0.3, 0.4) is 0 Å². The number of rotatable bonds is 5. The maximum atomic E-state index is 10.9. The van der Waals surface area contributed by atoms with E-state index < -0.39 is 15.5 Å². The predicted octanol–water partition coefficient (Wildman–Crippen LogP) is 1.46. The summed E-state index contributed by atoms with van der Waals surface area (Å²) in [4.78, 5) is 20.1. The van der Waals surface area contributed by atoms with Crippen molar-refractivity contribution in [2.24, 2.45) is 0 Å². The van der Waals surface area contributed by atoms with Gasteiger partial charge in [0.05, 0.1) is 15.9 Å². The molecule has 1 fully saturated rings. The van der Waals surface area contributed by atoms with E-state index in [9.17, 15) is 20.2 Å². The van der Waals surface area contributed by atoms with E-state index in [1.807, 2.05) is 0 Å². The number of hydrogen-bond acceptors (Lipinski definition) is 6. The van der Waals surface area contributed by atoms with E-state index >= 15 is 0 Å². The van der Waals surface area contributed by atoms with Gasteiger partial charge in [0, 0.05) is 12.1 Å². The van der Waals surface area contributed by atoms with Gasteiger partial charge in [-0.25, -0.2) is 0 Å². The van der Waals surface area contributed by atoms with Crippen LogP contribution in [0.4, 0.5) is 17.1 Å². The van der Waals surface area contributed by atoms with Crippen molar-refractivity contribution < 1.29 is 9.85 Å². The molecule has 1 aliphatic carbocycles. The third-order valence-corrected chi connectivity index (χ3v) is 2.83. The molecular formula is C10H11N5O4S. The zero-order valence-corrected chi connectivity index (χ0v) is 11.0. The zero-order valence-electron chi connectivity index (χ0n) is 10.2. The molecule has 0 heterocycles. The molecule has 9 nitrogen and oxygen atoms in total. The highest BCUT2D eigenvalue weighted by Gasteiger charge is 2.22. The van der Waals surface area contributed by atoms with Gasteiger partial charge in [-0.3, -0.25) is 31.1 Å². The van der Waals surface area contributed by atoms with E-state index in [-0.39, 0.29) is 11.4 Å². The van der Waals surface area contributed by atoms with Crippen LogP contribution >= 0.6 is 12.2 Å². The van der Waals surface area contributed by atoms with Gasteiger partial charge in [-0.1, -0.05) is 0 Å². The second kappa shape index (κ2) is 5.65. The lowest BCUT2D eigenvalue weighted by Crippen LogP contribution is -2.39. The SMILES string of the molecule is O=[N+]([O-])c1ccc(NNC(=S)NC2CC2)c([N+](=O)[O-])c1. The maximum Gasteiger partial charge on any atom is 0.300 e. The fourth-order valence-corrected chi connectivity index (χ4v) is 1.68. The van der Waals surface area contributed by atoms with E-state index in [1.54, 1.807) is 0 Å². The van der Waals surface area contributed by atoms with Crippen LogP contribution in [0.15, 0.2) is 18.2 Å². The first-order chi connectivity index (χ1) is 9.47. The van der Waals surface area contributed by atoms with E-state index in [0.29, 0.717) is 11.2 Å². The van der Waals surface area contributed by atoms with Crippen LogP contribution in [0.1, 0.15) is 12.8 Å². The third-order valence-electron chi connectivity index (χ3n) is 2.61. The summed E-state index contributed by atoms with van der Waals surface area (Å²) in [6.07, 6.45) is 2.08. The molecule has 3 N–H and O–H groups in total. The minimum absolute atomic E-state index is 0.0977. The van der Waals surface area contributed by atoms with Crippen molar-refractivity contribution in [1.82, 2.24) is 10.7 Å². The minimum Gasteiger partial charge on any atom is -0.359 e. The molecule has 20 heavy (non-hydrogen) atoms. The van der Waals surface area contributed by atoms with Crippen LogP contribution in [0.25, 0.3) is 0 Å². The molecule has 0 spiro atoms. The number of hydrogen-bond donors (Lipinski definition) is 3. The molecule has 2 rings (SSSR count). The number of thiocarbonyl (C=S) groups is 1. The first kappa shape index (κ1) is 13.9. The highest BCUT2D eigenvalue weighted by Crippen LogP contribution is 2.28. The smallest absolute Gasteiger partial charge is 0.300 e. The Hall–Kier alpha value is -2.49. The molecule has 1 aromatic carbocycles. The van der Waals surface area contributed by atoms with Crippen molar-refractivity contribution in [3.8, 4) is 0 Å². The number of nitrogens with zero attached hydrogens (tertiary/aromatic N) is 2. The van der Waals surface area contributed by atoms with Gasteiger partial charge >= 0.3 is 5.69 Å². The summed E-state index contributed by atoms with van der Waals surface area (Å²) in [5.41, 5.74) is 4.54. The number of nitro groups is 2. The lowest BCUT2D eigenvalue weighted by Gasteiger charge is -2.11. The van der Waals surface area contributed by atoms with Gasteiger partial charge in [-0.15, -0.1) is 0 Å². The first-order valence-electron chi connectivity index (χ1n) is 5.72. The quantitative estimate of drug-likeness (QED) is 0.424. The molecule has 0 saturated heterocycles. The Morgan fingerprint density at radius 2 is 1.95 bits per heavy atom. The standard InChI is InChI=1S/C10H11N5O4S/c16-14(17)7-3-4-8(9(5-7)15(18)19)12-13-10(20)11-6-1-2-6/h3-6,12H,1-2H2,(H2,11,13,20). The molecular weight excluding hydrogens is 286 g/mol. The normalized spacial score (nSPS) is 13.4. The van der Waals surface area contributed by atoms with Gasteiger partial charge in [0.2, 0.25) is 0 Å². The monoisotopic (exact) mass is 297 g/mol. The van der Waals surface area contributed by atoms with Gasteiger partial charge in [0.25, 0.3) is 5.69 Å². The topological polar surface area (TPSA) is 122 Å². The van der Waals surface area contributed by atoms with Crippen molar-refractivity contribution in [3.05, 3.63) is 38.4 Å². The number of nitrogens with one attached hydrogen (secondary N) is 3. The Morgan fingerprint density at radius 3 is 2.50 bits per heavy atom. The fourth-order valence-electron chi connectivity index (χ4n) is 1.46. The van der Waals surface area contributed by atoms with Gasteiger partial charge in [0.15, 0.2) is 5.11 Å². The molecule has 0 amide bonds. The Balaban J connectivity index is 2.07. The first-order valence-corrected chi connectivity index (χ1v) is 6.13. The molecule has 1 aliphatic rings. The molecule has 0 radical (unpaired) electrons. The Kier molecular flexibility index (Phi) is 3.94. The summed E-state index contributed by atoms with van der Waals surface area (Å²) in [6.45, 7) is 0. The van der Waals surface area contributed by atoms with E-state index in [1.165, 1.54) is 12.1 Å². The summed E-state index contributed by atoms with van der Waals surface area (Å²) in [5, 5.41) is 24.8. The molecule has 10 heteroatoms. The minimum atomic E-state index is -0.700. The Labute approximate surface area is 118 Å². The molecule has 1 aromatic rings. The van der Waals surface area contributed by atoms with Gasteiger partial charge in [0.1, 0.15) is 5.69 Å². The van der Waals surface area contributed by atoms with Crippen LogP contribution in [0.5, 0.6) is 0 Å². The van der Waals surface area contributed by atoms with Crippen LogP contribution in [0, 0.1) is 20.2 Å². The predicted molar refractivity (Wildman–Crippen MR) is 75.3 cm³/mol. The third kappa shape index (κ3) is 3.51. The molecule has 0 bridgehead atoms. The van der Waals surface area contributed by atoms with Crippen molar-refractivity contribution in [2.45, 2.75) is 18.9 Å². The van der Waals surface area contributed by atoms with Gasteiger partial charge < -0.3 is 5.32 Å². The average Bonchev–Trinajstić information content (AvgIpc) is 3.19. The summed E-state index contributed by atoms with van der Waals surface area (Å²) in [5.74, 6) is 0. The molecule has 0 aliphatic heterocycles. The van der Waals surface area contributed by atoms with Crippen LogP contribution in [0.2, 0.25) is 0 Å². The summed E-state index contributed by atoms with van der Waals surface area (Å²) in [7, 11) is 0. The molecule has 0 aromatic heterocycles. The number of hydrazine groups is 1. The molecule has 106 valence electrons. The average molecular weight is 297 g/mol. The highest BCUT2D eigenvalue weighted by atomic mass is 32.1. The fraction of sp³-hybridized carbons (Fsp3) is 0.300. The van der Waals surface area contributed by atoms with Gasteiger partial charge in [-0.2, -0.15) is 0 Å². The largest absolute Gasteiger partial charge is 0.359 e. The number of anilines is 1. The lowest BCUT2D eigenvalue weighted by molar-refractivity contribution is -0.393. The van der Waals surface area contributed by atoms with Crippen molar-refractivity contribution in [3.63, 3.8) is 0 Å². The molecule has 0 unspecified atom stereocenters. The highest BCUT2D eigenvalue weighted by molar-refractivity contribution is 7.80. The number of benzene rings is 1. The number of nitro benzene ring substituents is 2. The maximum absolute atomic E-state index is 10.9. The lowest BCUT2D eigenvalue weighted by atomic mass is 10.2. The Bertz CT molecular complexity index is 575. The van der Waals surface area contributed by atoms with Crippen molar-refractivity contribution in [1.29, 1.82) is 0 Å². The van der Waals surface area contributed by atoms with Gasteiger partial charge in [-0.05, 0) is 31.1 Å². The second-order valence-corrected chi connectivity index (χ2v) is 4.62. The van der Waals surface area contributed by atoms with Crippen LogP contribution < -0.4 is 16.2 Å². The second-order valence-electron chi connectivity index (χ2n) is 4.21. The van der Waals surface area contributed by atoms with Crippen molar-refractivity contribution in [2.75, 3.05) is 5.43 Å². The Morgan fingerprint density at radius 1 is 1.25 bits per heavy atom. The molecule has 1 saturated carbocycles. The number of non-ortho nitro benzene ring substituents is 1.